The third kappa shape index (κ3) is 2.88. The van der Waals surface area contributed by atoms with E-state index in [9.17, 15) is 9.59 Å². The molecule has 0 saturated heterocycles. The molecule has 1 heterocycles. The van der Waals surface area contributed by atoms with Crippen LogP contribution in [0.3, 0.4) is 0 Å². The van der Waals surface area contributed by atoms with E-state index in [0.29, 0.717) is 11.1 Å². The molecule has 2 aromatic carbocycles. The second-order valence-electron chi connectivity index (χ2n) is 5.88. The first-order valence-electron chi connectivity index (χ1n) is 7.74. The third-order valence-corrected chi connectivity index (χ3v) is 4.15. The second kappa shape index (κ2) is 6.20. The molecule has 1 atom stereocenters. The smallest absolute Gasteiger partial charge is 0.255 e. The minimum Gasteiger partial charge on any atom is -0.374 e. The molecule has 0 radical (unpaired) electrons. The molecule has 5 nitrogen and oxygen atoms in total. The van der Waals surface area contributed by atoms with Gasteiger partial charge in [-0.1, -0.05) is 30.3 Å². The summed E-state index contributed by atoms with van der Waals surface area (Å²) in [5, 5.41) is 4.44. The highest BCUT2D eigenvalue weighted by molar-refractivity contribution is 5.98. The summed E-state index contributed by atoms with van der Waals surface area (Å²) in [6.07, 6.45) is 1.74. The standard InChI is InChI=1S/C19H19N3O2/c1-11-5-3-4-6-14(11)17-10-21-19(24)16-9-13(7-8-15(16)17)22-12(2)18(20)23/h3-10,12,22H,1-2H3,(H2,20,23)(H,21,24). The molecule has 1 amide bonds. The van der Waals surface area contributed by atoms with Crippen molar-refractivity contribution >= 4 is 22.4 Å². The highest BCUT2D eigenvalue weighted by atomic mass is 16.1. The number of carbonyl (C=O) groups excluding carboxylic acids is 1. The van der Waals surface area contributed by atoms with Crippen LogP contribution in [-0.2, 0) is 4.79 Å². The maximum absolute atomic E-state index is 12.2. The van der Waals surface area contributed by atoms with Gasteiger partial charge in [-0.15, -0.1) is 0 Å². The fraction of sp³-hybridized carbons (Fsp3) is 0.158. The van der Waals surface area contributed by atoms with Crippen molar-refractivity contribution in [2.45, 2.75) is 19.9 Å². The summed E-state index contributed by atoms with van der Waals surface area (Å²) in [6.45, 7) is 3.72. The number of aromatic nitrogens is 1. The number of H-pyrrole nitrogens is 1. The predicted octanol–water partition coefficient (Wildman–Crippen LogP) is 2.79. The summed E-state index contributed by atoms with van der Waals surface area (Å²) in [5.74, 6) is -0.447. The van der Waals surface area contributed by atoms with Gasteiger partial charge in [-0.25, -0.2) is 0 Å². The molecule has 0 fully saturated rings. The summed E-state index contributed by atoms with van der Waals surface area (Å²) in [5.41, 5.74) is 8.96. The van der Waals surface area contributed by atoms with Gasteiger partial charge in [0.05, 0.1) is 0 Å². The van der Waals surface area contributed by atoms with Gasteiger partial charge in [0.15, 0.2) is 0 Å². The van der Waals surface area contributed by atoms with Gasteiger partial charge >= 0.3 is 0 Å². The summed E-state index contributed by atoms with van der Waals surface area (Å²) < 4.78 is 0. The molecule has 1 aromatic heterocycles. The second-order valence-corrected chi connectivity index (χ2v) is 5.88. The first-order chi connectivity index (χ1) is 11.5. The van der Waals surface area contributed by atoms with Crippen LogP contribution in [0.25, 0.3) is 21.9 Å². The summed E-state index contributed by atoms with van der Waals surface area (Å²) in [4.78, 5) is 26.2. The molecule has 122 valence electrons. The number of aromatic amines is 1. The summed E-state index contributed by atoms with van der Waals surface area (Å²) in [7, 11) is 0. The van der Waals surface area contributed by atoms with E-state index in [0.717, 1.165) is 22.1 Å². The first-order valence-corrected chi connectivity index (χ1v) is 7.74. The number of nitrogens with two attached hydrogens (primary N) is 1. The number of benzene rings is 2. The monoisotopic (exact) mass is 321 g/mol. The Balaban J connectivity index is 2.15. The molecule has 0 aliphatic heterocycles. The van der Waals surface area contributed by atoms with Crippen LogP contribution >= 0.6 is 0 Å². The van der Waals surface area contributed by atoms with Crippen molar-refractivity contribution in [3.8, 4) is 11.1 Å². The number of carbonyl (C=O) groups is 1. The lowest BCUT2D eigenvalue weighted by Gasteiger charge is -2.14. The molecular weight excluding hydrogens is 302 g/mol. The van der Waals surface area contributed by atoms with E-state index in [2.05, 4.69) is 10.3 Å². The lowest BCUT2D eigenvalue weighted by Crippen LogP contribution is -2.32. The van der Waals surface area contributed by atoms with Crippen molar-refractivity contribution in [1.82, 2.24) is 4.98 Å². The zero-order valence-corrected chi connectivity index (χ0v) is 13.6. The Bertz CT molecular complexity index is 976. The highest BCUT2D eigenvalue weighted by Crippen LogP contribution is 2.30. The van der Waals surface area contributed by atoms with Gasteiger partial charge in [-0.05, 0) is 42.5 Å². The SMILES string of the molecule is Cc1ccccc1-c1c[nH]c(=O)c2cc(NC(C)C(N)=O)ccc12. The number of fused-ring (bicyclic) bond motifs is 1. The van der Waals surface area contributed by atoms with E-state index in [-0.39, 0.29) is 5.56 Å². The van der Waals surface area contributed by atoms with Crippen molar-refractivity contribution in [2.24, 2.45) is 5.73 Å². The van der Waals surface area contributed by atoms with E-state index >= 15 is 0 Å². The van der Waals surface area contributed by atoms with Gasteiger partial charge < -0.3 is 16.0 Å². The Morgan fingerprint density at radius 2 is 1.88 bits per heavy atom. The number of hydrogen-bond acceptors (Lipinski definition) is 3. The van der Waals surface area contributed by atoms with Gasteiger partial charge in [0.25, 0.3) is 5.56 Å². The lowest BCUT2D eigenvalue weighted by atomic mass is 9.97. The fourth-order valence-corrected chi connectivity index (χ4v) is 2.77. The number of primary amides is 1. The Morgan fingerprint density at radius 3 is 2.58 bits per heavy atom. The molecule has 3 rings (SSSR count). The largest absolute Gasteiger partial charge is 0.374 e. The first kappa shape index (κ1) is 15.8. The average Bonchev–Trinajstić information content (AvgIpc) is 2.56. The molecule has 0 aliphatic rings. The normalized spacial score (nSPS) is 12.1. The highest BCUT2D eigenvalue weighted by Gasteiger charge is 2.12. The maximum atomic E-state index is 12.2. The van der Waals surface area contributed by atoms with Crippen LogP contribution in [0.5, 0.6) is 0 Å². The van der Waals surface area contributed by atoms with Crippen LogP contribution in [0.1, 0.15) is 12.5 Å². The van der Waals surface area contributed by atoms with Gasteiger partial charge in [-0.2, -0.15) is 0 Å². The Morgan fingerprint density at radius 1 is 1.12 bits per heavy atom. The van der Waals surface area contributed by atoms with Gasteiger partial charge in [0.2, 0.25) is 5.91 Å². The minimum absolute atomic E-state index is 0.169. The molecule has 5 heteroatoms. The molecule has 4 N–H and O–H groups in total. The van der Waals surface area contributed by atoms with Crippen LogP contribution in [0.2, 0.25) is 0 Å². The zero-order chi connectivity index (χ0) is 17.3. The quantitative estimate of drug-likeness (QED) is 0.690. The molecule has 0 bridgehead atoms. The van der Waals surface area contributed by atoms with Crippen molar-refractivity contribution < 1.29 is 4.79 Å². The van der Waals surface area contributed by atoms with Crippen molar-refractivity contribution in [3.63, 3.8) is 0 Å². The lowest BCUT2D eigenvalue weighted by molar-refractivity contribution is -0.118. The van der Waals surface area contributed by atoms with Crippen LogP contribution in [0.15, 0.2) is 53.5 Å². The number of hydrogen-bond donors (Lipinski definition) is 3. The van der Waals surface area contributed by atoms with Gasteiger partial charge in [-0.3, -0.25) is 9.59 Å². The number of amides is 1. The number of nitrogens with one attached hydrogen (secondary N) is 2. The Labute approximate surface area is 139 Å². The topological polar surface area (TPSA) is 88.0 Å². The maximum Gasteiger partial charge on any atom is 0.255 e. The van der Waals surface area contributed by atoms with Crippen molar-refractivity contribution in [3.05, 3.63) is 64.6 Å². The fourth-order valence-electron chi connectivity index (χ4n) is 2.77. The van der Waals surface area contributed by atoms with Crippen LogP contribution in [-0.4, -0.2) is 16.9 Å². The van der Waals surface area contributed by atoms with E-state index in [4.69, 9.17) is 5.73 Å². The molecule has 0 spiro atoms. The van der Waals surface area contributed by atoms with Crippen molar-refractivity contribution in [2.75, 3.05) is 5.32 Å². The molecular formula is C19H19N3O2. The van der Waals surface area contributed by atoms with Crippen LogP contribution in [0, 0.1) is 6.92 Å². The molecule has 3 aromatic rings. The van der Waals surface area contributed by atoms with Crippen LogP contribution < -0.4 is 16.6 Å². The molecule has 24 heavy (non-hydrogen) atoms. The predicted molar refractivity (Wildman–Crippen MR) is 97.0 cm³/mol. The van der Waals surface area contributed by atoms with E-state index in [1.807, 2.05) is 43.3 Å². The molecule has 1 unspecified atom stereocenters. The minimum atomic E-state index is -0.513. The number of aryl methyl sites for hydroxylation is 1. The summed E-state index contributed by atoms with van der Waals surface area (Å²) >= 11 is 0. The average molecular weight is 321 g/mol. The number of rotatable bonds is 4. The van der Waals surface area contributed by atoms with Crippen LogP contribution in [0.4, 0.5) is 5.69 Å². The Hall–Kier alpha value is -3.08. The number of pyridine rings is 1. The van der Waals surface area contributed by atoms with Gasteiger partial charge in [0.1, 0.15) is 6.04 Å². The summed E-state index contributed by atoms with van der Waals surface area (Å²) in [6, 6.07) is 13.0. The van der Waals surface area contributed by atoms with E-state index in [1.54, 1.807) is 19.2 Å². The molecule has 0 saturated carbocycles. The Kier molecular flexibility index (Phi) is 4.08. The zero-order valence-electron chi connectivity index (χ0n) is 13.6. The van der Waals surface area contributed by atoms with Crippen molar-refractivity contribution in [1.29, 1.82) is 0 Å². The molecule has 0 aliphatic carbocycles. The van der Waals surface area contributed by atoms with Gasteiger partial charge in [0, 0.05) is 22.8 Å². The van der Waals surface area contributed by atoms with E-state index < -0.39 is 11.9 Å². The number of anilines is 1. The van der Waals surface area contributed by atoms with E-state index in [1.165, 1.54) is 0 Å². The third-order valence-electron chi connectivity index (χ3n) is 4.15.